The monoisotopic (exact) mass is 933 g/mol. The lowest BCUT2D eigenvalue weighted by Gasteiger charge is -2.31. The van der Waals surface area contributed by atoms with Crippen molar-refractivity contribution in [3.63, 3.8) is 0 Å². The average molecular weight is 934 g/mol. The molecule has 0 bridgehead atoms. The van der Waals surface area contributed by atoms with E-state index >= 15 is 0 Å². The van der Waals surface area contributed by atoms with Crippen molar-refractivity contribution in [2.24, 2.45) is 17.6 Å². The van der Waals surface area contributed by atoms with Crippen molar-refractivity contribution in [1.29, 1.82) is 0 Å². The molecular weight excluding hydrogens is 871 g/mol. The van der Waals surface area contributed by atoms with Crippen LogP contribution in [0, 0.1) is 11.8 Å². The minimum Gasteiger partial charge on any atom is -0.508 e. The number of carbonyl (C=O) groups is 7. The molecule has 6 atom stereocenters. The van der Waals surface area contributed by atoms with Crippen molar-refractivity contribution in [2.75, 3.05) is 13.1 Å². The number of phenols is 1. The maximum Gasteiger partial charge on any atom is 0.322 e. The third kappa shape index (κ3) is 13.2. The fourth-order valence-corrected chi connectivity index (χ4v) is 8.71. The molecule has 18 heteroatoms. The molecule has 2 aromatic heterocycles. The van der Waals surface area contributed by atoms with Crippen LogP contribution in [0.5, 0.6) is 5.75 Å². The van der Waals surface area contributed by atoms with E-state index in [2.05, 4.69) is 36.6 Å². The predicted octanol–water partition coefficient (Wildman–Crippen LogP) is 2.93. The second-order valence-corrected chi connectivity index (χ2v) is 18.4. The van der Waals surface area contributed by atoms with Crippen molar-refractivity contribution in [1.82, 2.24) is 41.5 Å². The number of aromatic amines is 2. The molecule has 6 rings (SSSR count). The molecule has 0 spiro atoms. The van der Waals surface area contributed by atoms with Crippen LogP contribution in [0.1, 0.15) is 70.1 Å². The zero-order valence-electron chi connectivity index (χ0n) is 38.8. The van der Waals surface area contributed by atoms with Gasteiger partial charge >= 0.3 is 5.97 Å². The summed E-state index contributed by atoms with van der Waals surface area (Å²) < 4.78 is 0. The quantitative estimate of drug-likeness (QED) is 0.0485. The first-order chi connectivity index (χ1) is 32.5. The molecular formula is C50H63N9O9. The van der Waals surface area contributed by atoms with Crippen molar-refractivity contribution >= 4 is 63.2 Å². The minimum atomic E-state index is -1.25. The van der Waals surface area contributed by atoms with Gasteiger partial charge in [-0.1, -0.05) is 76.2 Å². The first-order valence-corrected chi connectivity index (χ1v) is 23.1. The Morgan fingerprint density at radius 2 is 1.19 bits per heavy atom. The number of nitrogens with one attached hydrogen (secondary N) is 7. The molecule has 3 aromatic carbocycles. The van der Waals surface area contributed by atoms with E-state index in [1.54, 1.807) is 24.5 Å². The summed E-state index contributed by atoms with van der Waals surface area (Å²) in [6.45, 7) is 7.04. The highest BCUT2D eigenvalue weighted by Gasteiger charge is 2.40. The fourth-order valence-electron chi connectivity index (χ4n) is 8.71. The van der Waals surface area contributed by atoms with Crippen LogP contribution in [0.25, 0.3) is 21.8 Å². The van der Waals surface area contributed by atoms with Gasteiger partial charge < -0.3 is 57.4 Å². The number of H-pyrrole nitrogens is 2. The van der Waals surface area contributed by atoms with Crippen LogP contribution in [-0.2, 0) is 52.8 Å². The standard InChI is InChI=1S/C50H63N9O9/c1-28(2)20-39(46(64)54-27-44(61)62)56-48(66)41(24-32-26-53-38-13-8-6-11-35(32)38)57-49(67)43-14-9-19-59(43)50(68)42(21-29(3)4)58-47(65)40(22-30-15-17-33(60)18-16-30)55-45(63)36(51)23-31-25-52-37-12-7-5-10-34(31)37/h5-8,10-13,15-18,25-26,28-29,36,39-43,52-53,60H,9,14,19-24,27,51H2,1-4H3,(H,54,64)(H,55,63)(H,56,66)(H,57,67)(H,58,65)(H,61,62)/t36-,39-,40-,41-,42-,43-/m0/s1. The maximum absolute atomic E-state index is 14.6. The number of nitrogens with zero attached hydrogens (tertiary/aromatic N) is 1. The number of hydrogen-bond acceptors (Lipinski definition) is 9. The third-order valence-electron chi connectivity index (χ3n) is 12.1. The van der Waals surface area contributed by atoms with E-state index in [1.165, 1.54) is 17.0 Å². The number of phenolic OH excluding ortho intramolecular Hbond substituents is 1. The van der Waals surface area contributed by atoms with Gasteiger partial charge in [-0.3, -0.25) is 33.6 Å². The highest BCUT2D eigenvalue weighted by Crippen LogP contribution is 2.24. The SMILES string of the molecule is CC(C)C[C@H](NC(=O)[C@H](Cc1c[nH]c2ccccc12)NC(=O)[C@@H]1CCCN1C(=O)[C@H](CC(C)C)NC(=O)[C@H](Cc1ccc(O)cc1)NC(=O)[C@@H](N)Cc1c[nH]c2ccccc12)C(=O)NCC(=O)O. The van der Waals surface area contributed by atoms with Crippen LogP contribution < -0.4 is 32.3 Å². The van der Waals surface area contributed by atoms with Crippen molar-refractivity contribution in [3.8, 4) is 5.75 Å². The lowest BCUT2D eigenvalue weighted by molar-refractivity contribution is -0.143. The van der Waals surface area contributed by atoms with Crippen molar-refractivity contribution in [2.45, 2.75) is 109 Å². The summed E-state index contributed by atoms with van der Waals surface area (Å²) in [5.41, 5.74) is 10.3. The van der Waals surface area contributed by atoms with Gasteiger partial charge in [-0.25, -0.2) is 0 Å². The number of aromatic nitrogens is 2. The molecule has 0 unspecified atom stereocenters. The van der Waals surface area contributed by atoms with Crippen LogP contribution in [0.4, 0.5) is 0 Å². The lowest BCUT2D eigenvalue weighted by Crippen LogP contribution is -2.60. The first-order valence-electron chi connectivity index (χ1n) is 23.1. The molecule has 11 N–H and O–H groups in total. The van der Waals surface area contributed by atoms with Gasteiger partial charge in [0.2, 0.25) is 35.4 Å². The van der Waals surface area contributed by atoms with E-state index in [0.29, 0.717) is 17.5 Å². The largest absolute Gasteiger partial charge is 0.508 e. The molecule has 68 heavy (non-hydrogen) atoms. The van der Waals surface area contributed by atoms with Crippen molar-refractivity contribution in [3.05, 3.63) is 102 Å². The topological polar surface area (TPSA) is 281 Å². The van der Waals surface area contributed by atoms with E-state index in [-0.39, 0.29) is 62.7 Å². The molecule has 1 aliphatic rings. The van der Waals surface area contributed by atoms with Gasteiger partial charge in [-0.05, 0) is 84.9 Å². The van der Waals surface area contributed by atoms with Crippen LogP contribution in [-0.4, -0.2) is 116 Å². The number of para-hydroxylation sites is 2. The van der Waals surface area contributed by atoms with E-state index in [9.17, 15) is 43.8 Å². The molecule has 362 valence electrons. The Morgan fingerprint density at radius 1 is 0.662 bits per heavy atom. The maximum atomic E-state index is 14.6. The number of rotatable bonds is 22. The van der Waals surface area contributed by atoms with E-state index in [4.69, 9.17) is 5.73 Å². The molecule has 1 aliphatic heterocycles. The molecule has 1 saturated heterocycles. The average Bonchev–Trinajstić information content (AvgIpc) is 4.07. The number of fused-ring (bicyclic) bond motifs is 2. The number of hydrogen-bond donors (Lipinski definition) is 10. The summed E-state index contributed by atoms with van der Waals surface area (Å²) in [6, 6.07) is 14.6. The Labute approximate surface area is 394 Å². The van der Waals surface area contributed by atoms with E-state index in [1.807, 2.05) is 76.2 Å². The zero-order valence-corrected chi connectivity index (χ0v) is 38.8. The number of carbonyl (C=O) groups excluding carboxylic acids is 6. The van der Waals surface area contributed by atoms with E-state index < -0.39 is 84.2 Å². The highest BCUT2D eigenvalue weighted by atomic mass is 16.4. The molecule has 0 radical (unpaired) electrons. The summed E-state index contributed by atoms with van der Waals surface area (Å²) in [4.78, 5) is 103. The van der Waals surface area contributed by atoms with Crippen LogP contribution >= 0.6 is 0 Å². The van der Waals surface area contributed by atoms with E-state index in [0.717, 1.165) is 27.4 Å². The van der Waals surface area contributed by atoms with Gasteiger partial charge in [0, 0.05) is 53.6 Å². The second kappa shape index (κ2) is 23.0. The second-order valence-electron chi connectivity index (χ2n) is 18.4. The summed E-state index contributed by atoms with van der Waals surface area (Å²) in [5.74, 6) is -5.10. The molecule has 5 aromatic rings. The fraction of sp³-hybridized carbons (Fsp3) is 0.420. The Balaban J connectivity index is 1.20. The van der Waals surface area contributed by atoms with Gasteiger partial charge in [0.05, 0.1) is 6.04 Å². The number of aromatic hydroxyl groups is 1. The Bertz CT molecular complexity index is 2590. The number of aliphatic carboxylic acids is 1. The molecule has 3 heterocycles. The number of carboxylic acids is 1. The Morgan fingerprint density at radius 3 is 1.78 bits per heavy atom. The van der Waals surface area contributed by atoms with Gasteiger partial charge in [0.25, 0.3) is 0 Å². The zero-order chi connectivity index (χ0) is 49.1. The number of likely N-dealkylation sites (tertiary alicyclic amines) is 1. The van der Waals surface area contributed by atoms with Gasteiger partial charge in [-0.2, -0.15) is 0 Å². The minimum absolute atomic E-state index is 0.00805. The number of carboxylic acid groups (broad SMARTS) is 1. The first kappa shape index (κ1) is 50.2. The number of benzene rings is 3. The number of amides is 6. The summed E-state index contributed by atoms with van der Waals surface area (Å²) >= 11 is 0. The number of nitrogens with two attached hydrogens (primary N) is 1. The summed E-state index contributed by atoms with van der Waals surface area (Å²) in [5, 5.41) is 34.5. The van der Waals surface area contributed by atoms with Crippen LogP contribution in [0.3, 0.4) is 0 Å². The molecule has 6 amide bonds. The van der Waals surface area contributed by atoms with Gasteiger partial charge in [-0.15, -0.1) is 0 Å². The third-order valence-corrected chi connectivity index (χ3v) is 12.1. The van der Waals surface area contributed by atoms with Gasteiger partial charge in [0.1, 0.15) is 42.5 Å². The Kier molecular flexibility index (Phi) is 17.0. The summed E-state index contributed by atoms with van der Waals surface area (Å²) in [6.07, 6.45) is 4.85. The van der Waals surface area contributed by atoms with Gasteiger partial charge in [0.15, 0.2) is 0 Å². The van der Waals surface area contributed by atoms with Crippen LogP contribution in [0.2, 0.25) is 0 Å². The molecule has 0 saturated carbocycles. The predicted molar refractivity (Wildman–Crippen MR) is 256 cm³/mol. The highest BCUT2D eigenvalue weighted by molar-refractivity contribution is 5.98. The van der Waals surface area contributed by atoms with Crippen LogP contribution in [0.15, 0.2) is 85.2 Å². The lowest BCUT2D eigenvalue weighted by atomic mass is 9.99. The molecule has 0 aliphatic carbocycles. The normalized spacial score (nSPS) is 15.9. The van der Waals surface area contributed by atoms with Crippen molar-refractivity contribution < 1.29 is 43.8 Å². The molecule has 1 fully saturated rings. The Hall–Kier alpha value is -7.21. The molecule has 18 nitrogen and oxygen atoms in total. The summed E-state index contributed by atoms with van der Waals surface area (Å²) in [7, 11) is 0. The smallest absolute Gasteiger partial charge is 0.322 e.